The second-order valence-corrected chi connectivity index (χ2v) is 10.8. The van der Waals surface area contributed by atoms with Crippen molar-refractivity contribution in [2.24, 2.45) is 5.73 Å². The molecule has 11 nitrogen and oxygen atoms in total. The maximum absolute atomic E-state index is 13.9. The summed E-state index contributed by atoms with van der Waals surface area (Å²) in [5, 5.41) is 25.5. The quantitative estimate of drug-likeness (QED) is 0.289. The fraction of sp³-hybridized carbons (Fsp3) is 0.630. The number of primary amides is 1. The fourth-order valence-corrected chi connectivity index (χ4v) is 4.52. The van der Waals surface area contributed by atoms with Gasteiger partial charge in [0.1, 0.15) is 23.4 Å². The van der Waals surface area contributed by atoms with E-state index in [9.17, 15) is 29.4 Å². The lowest BCUT2D eigenvalue weighted by atomic mass is 9.94. The summed E-state index contributed by atoms with van der Waals surface area (Å²) in [7, 11) is 0. The van der Waals surface area contributed by atoms with E-state index in [2.05, 4.69) is 10.6 Å². The molecule has 0 bridgehead atoms. The third kappa shape index (κ3) is 9.51. The van der Waals surface area contributed by atoms with E-state index >= 15 is 0 Å². The maximum atomic E-state index is 13.9. The molecule has 212 valence electrons. The Morgan fingerprint density at radius 2 is 1.82 bits per heavy atom. The Morgan fingerprint density at radius 3 is 2.37 bits per heavy atom. The number of phenols is 1. The molecule has 2 rings (SSSR count). The zero-order chi connectivity index (χ0) is 28.5. The fourth-order valence-electron chi connectivity index (χ4n) is 4.52. The molecule has 0 aromatic heterocycles. The van der Waals surface area contributed by atoms with E-state index in [1.54, 1.807) is 39.8 Å². The topological polar surface area (TPSA) is 171 Å². The summed E-state index contributed by atoms with van der Waals surface area (Å²) in [6.45, 7) is 6.01. The van der Waals surface area contributed by atoms with Crippen LogP contribution in [-0.2, 0) is 19.1 Å². The van der Waals surface area contributed by atoms with Crippen molar-refractivity contribution in [3.05, 3.63) is 29.3 Å². The Morgan fingerprint density at radius 1 is 1.16 bits per heavy atom. The van der Waals surface area contributed by atoms with Crippen LogP contribution in [0.4, 0.5) is 4.79 Å². The number of amides is 4. The van der Waals surface area contributed by atoms with E-state index in [1.807, 2.05) is 0 Å². The molecule has 1 aromatic carbocycles. The predicted octanol–water partition coefficient (Wildman–Crippen LogP) is 2.17. The van der Waals surface area contributed by atoms with Gasteiger partial charge >= 0.3 is 6.09 Å². The Balaban J connectivity index is 2.46. The van der Waals surface area contributed by atoms with Gasteiger partial charge in [-0.1, -0.05) is 25.3 Å². The highest BCUT2D eigenvalue weighted by Crippen LogP contribution is 2.28. The summed E-state index contributed by atoms with van der Waals surface area (Å²) < 4.78 is 5.29. The predicted molar refractivity (Wildman–Crippen MR) is 141 cm³/mol. The number of phenolic OH excluding ortho intramolecular Hbond substituents is 1. The molecule has 0 aliphatic heterocycles. The lowest BCUT2D eigenvalue weighted by Gasteiger charge is -2.35. The number of aliphatic hydroxyl groups excluding tert-OH is 1. The SMILES string of the molecule is Cc1cc(C(C(=O)NC2CCCCC2)N(CCO)C(=O)C(CCC(N)=O)NC(=O)OC(C)(C)C)ccc1O. The number of carbonyl (C=O) groups excluding carboxylic acids is 4. The van der Waals surface area contributed by atoms with Crippen LogP contribution in [0.15, 0.2) is 18.2 Å². The van der Waals surface area contributed by atoms with Crippen LogP contribution in [0.5, 0.6) is 5.75 Å². The Labute approximate surface area is 224 Å². The Hall–Kier alpha value is -3.34. The number of nitrogens with two attached hydrogens (primary N) is 1. The molecule has 1 saturated carbocycles. The van der Waals surface area contributed by atoms with Crippen LogP contribution in [-0.4, -0.2) is 69.8 Å². The Kier molecular flexibility index (Phi) is 11.4. The minimum Gasteiger partial charge on any atom is -0.508 e. The molecule has 4 amide bonds. The molecule has 0 heterocycles. The van der Waals surface area contributed by atoms with Crippen molar-refractivity contribution in [2.45, 2.75) is 96.4 Å². The van der Waals surface area contributed by atoms with Gasteiger partial charge in [-0.05, 0) is 70.2 Å². The third-order valence-corrected chi connectivity index (χ3v) is 6.34. The highest BCUT2D eigenvalue weighted by Gasteiger charge is 2.37. The summed E-state index contributed by atoms with van der Waals surface area (Å²) in [6, 6.07) is 2.15. The van der Waals surface area contributed by atoms with Gasteiger partial charge in [-0.3, -0.25) is 14.4 Å². The minimum atomic E-state index is -1.24. The molecule has 38 heavy (non-hydrogen) atoms. The highest BCUT2D eigenvalue weighted by atomic mass is 16.6. The number of aromatic hydroxyl groups is 1. The van der Waals surface area contributed by atoms with Crippen molar-refractivity contribution in [2.75, 3.05) is 13.2 Å². The normalized spacial score (nSPS) is 15.7. The summed E-state index contributed by atoms with van der Waals surface area (Å²) in [5.74, 6) is -1.75. The second-order valence-electron chi connectivity index (χ2n) is 10.8. The molecule has 2 atom stereocenters. The average molecular weight is 535 g/mol. The molecule has 1 fully saturated rings. The summed E-state index contributed by atoms with van der Waals surface area (Å²) in [5.41, 5.74) is 5.41. The molecular formula is C27H42N4O7. The number of ether oxygens (including phenoxy) is 1. The van der Waals surface area contributed by atoms with Crippen molar-refractivity contribution in [1.29, 1.82) is 0 Å². The molecule has 1 aromatic rings. The van der Waals surface area contributed by atoms with Crippen LogP contribution in [0.3, 0.4) is 0 Å². The van der Waals surface area contributed by atoms with Gasteiger partial charge in [-0.25, -0.2) is 4.79 Å². The van der Waals surface area contributed by atoms with Gasteiger partial charge in [0.05, 0.1) is 6.61 Å². The number of hydrogen-bond donors (Lipinski definition) is 5. The molecule has 6 N–H and O–H groups in total. The number of rotatable bonds is 11. The van der Waals surface area contributed by atoms with Crippen molar-refractivity contribution < 1.29 is 34.1 Å². The van der Waals surface area contributed by atoms with E-state index in [1.165, 1.54) is 11.0 Å². The van der Waals surface area contributed by atoms with Crippen LogP contribution in [0.2, 0.25) is 0 Å². The number of aliphatic hydroxyl groups is 1. The van der Waals surface area contributed by atoms with Crippen molar-refractivity contribution in [1.82, 2.24) is 15.5 Å². The third-order valence-electron chi connectivity index (χ3n) is 6.34. The zero-order valence-electron chi connectivity index (χ0n) is 22.8. The summed E-state index contributed by atoms with van der Waals surface area (Å²) >= 11 is 0. The first-order chi connectivity index (χ1) is 17.8. The number of carbonyl (C=O) groups is 4. The molecule has 0 spiro atoms. The van der Waals surface area contributed by atoms with Gasteiger partial charge in [0, 0.05) is 19.0 Å². The number of hydrogen-bond acceptors (Lipinski definition) is 7. The van der Waals surface area contributed by atoms with Crippen LogP contribution in [0.25, 0.3) is 0 Å². The van der Waals surface area contributed by atoms with Crippen LogP contribution in [0, 0.1) is 6.92 Å². The first-order valence-electron chi connectivity index (χ1n) is 13.1. The average Bonchev–Trinajstić information content (AvgIpc) is 2.82. The Bertz CT molecular complexity index is 986. The van der Waals surface area contributed by atoms with Crippen molar-refractivity contribution >= 4 is 23.8 Å². The van der Waals surface area contributed by atoms with Crippen LogP contribution < -0.4 is 16.4 Å². The molecule has 1 aliphatic carbocycles. The lowest BCUT2D eigenvalue weighted by Crippen LogP contribution is -2.54. The molecule has 11 heteroatoms. The second kappa shape index (κ2) is 14.0. The molecule has 0 saturated heterocycles. The number of benzene rings is 1. The monoisotopic (exact) mass is 534 g/mol. The smallest absolute Gasteiger partial charge is 0.408 e. The van der Waals surface area contributed by atoms with E-state index in [0.29, 0.717) is 11.1 Å². The van der Waals surface area contributed by atoms with E-state index in [0.717, 1.165) is 32.1 Å². The summed E-state index contributed by atoms with van der Waals surface area (Å²) in [4.78, 5) is 52.8. The first kappa shape index (κ1) is 30.9. The molecule has 1 aliphatic rings. The lowest BCUT2D eigenvalue weighted by molar-refractivity contribution is -0.143. The van der Waals surface area contributed by atoms with Crippen LogP contribution in [0.1, 0.15) is 82.9 Å². The maximum Gasteiger partial charge on any atom is 0.408 e. The van der Waals surface area contributed by atoms with Gasteiger partial charge in [-0.2, -0.15) is 0 Å². The van der Waals surface area contributed by atoms with E-state index in [4.69, 9.17) is 10.5 Å². The molecular weight excluding hydrogens is 492 g/mol. The van der Waals surface area contributed by atoms with Gasteiger partial charge in [0.2, 0.25) is 17.7 Å². The largest absolute Gasteiger partial charge is 0.508 e. The number of alkyl carbamates (subject to hydrolysis) is 1. The molecule has 2 unspecified atom stereocenters. The van der Waals surface area contributed by atoms with Crippen LogP contribution >= 0.6 is 0 Å². The number of nitrogens with zero attached hydrogens (tertiary/aromatic N) is 1. The minimum absolute atomic E-state index is 0.0335. The molecule has 0 radical (unpaired) electrons. The van der Waals surface area contributed by atoms with Crippen molar-refractivity contribution in [3.63, 3.8) is 0 Å². The van der Waals surface area contributed by atoms with Gasteiger partial charge in [0.25, 0.3) is 0 Å². The number of aryl methyl sites for hydroxylation is 1. The first-order valence-corrected chi connectivity index (χ1v) is 13.1. The van der Waals surface area contributed by atoms with E-state index < -0.39 is 48.1 Å². The zero-order valence-corrected chi connectivity index (χ0v) is 22.8. The van der Waals surface area contributed by atoms with Gasteiger partial charge in [-0.15, -0.1) is 0 Å². The number of nitrogens with one attached hydrogen (secondary N) is 2. The van der Waals surface area contributed by atoms with Crippen molar-refractivity contribution in [3.8, 4) is 5.75 Å². The van der Waals surface area contributed by atoms with Gasteiger partial charge in [0.15, 0.2) is 0 Å². The highest BCUT2D eigenvalue weighted by molar-refractivity contribution is 5.92. The van der Waals surface area contributed by atoms with Gasteiger partial charge < -0.3 is 36.2 Å². The van der Waals surface area contributed by atoms with E-state index in [-0.39, 0.29) is 31.2 Å². The standard InChI is InChI=1S/C27H42N4O7/c1-17-16-18(10-12-21(17)33)23(24(35)29-19-8-6-5-7-9-19)31(14-15-32)25(36)20(11-13-22(28)34)30-26(37)38-27(2,3)4/h10,12,16,19-20,23,32-33H,5-9,11,13-15H2,1-4H3,(H2,28,34)(H,29,35)(H,30,37). The summed E-state index contributed by atoms with van der Waals surface area (Å²) in [6.07, 6.45) is 3.53.